The molecule has 0 aliphatic rings. The van der Waals surface area contributed by atoms with Gasteiger partial charge in [0.05, 0.1) is 0 Å². The minimum absolute atomic E-state index is 0.112. The molecule has 0 aliphatic heterocycles. The van der Waals surface area contributed by atoms with Crippen molar-refractivity contribution >= 4 is 18.7 Å². The van der Waals surface area contributed by atoms with E-state index in [2.05, 4.69) is 11.7 Å². The van der Waals surface area contributed by atoms with Crippen molar-refractivity contribution < 1.29 is 14.7 Å². The fourth-order valence-corrected chi connectivity index (χ4v) is 1.11. The molecule has 0 heterocycles. The van der Waals surface area contributed by atoms with Crippen molar-refractivity contribution in [3.63, 3.8) is 0 Å². The van der Waals surface area contributed by atoms with E-state index in [0.29, 0.717) is 0 Å². The normalized spacial score (nSPS) is 12.3. The molecule has 74 valence electrons. The first-order chi connectivity index (χ1) is 5.91. The summed E-state index contributed by atoms with van der Waals surface area (Å²) in [6.07, 6.45) is -1.14. The van der Waals surface area contributed by atoms with Crippen LogP contribution in [0, 0.1) is 5.92 Å². The fraction of sp³-hybridized carbons (Fsp3) is 0.625. The van der Waals surface area contributed by atoms with Gasteiger partial charge in [0, 0.05) is 7.05 Å². The van der Waals surface area contributed by atoms with Gasteiger partial charge in [-0.3, -0.25) is 9.69 Å². The summed E-state index contributed by atoms with van der Waals surface area (Å²) in [6, 6.07) is -0.741. The van der Waals surface area contributed by atoms with Gasteiger partial charge in [-0.25, -0.2) is 9.79 Å². The van der Waals surface area contributed by atoms with E-state index in [9.17, 15) is 9.59 Å². The van der Waals surface area contributed by atoms with E-state index >= 15 is 0 Å². The lowest BCUT2D eigenvalue weighted by Gasteiger charge is -2.25. The van der Waals surface area contributed by atoms with Crippen LogP contribution in [-0.2, 0) is 4.79 Å². The van der Waals surface area contributed by atoms with E-state index in [4.69, 9.17) is 5.11 Å². The first-order valence-electron chi connectivity index (χ1n) is 3.88. The van der Waals surface area contributed by atoms with Crippen LogP contribution in [0.4, 0.5) is 4.79 Å². The zero-order valence-corrected chi connectivity index (χ0v) is 8.02. The van der Waals surface area contributed by atoms with Gasteiger partial charge in [0.15, 0.2) is 0 Å². The van der Waals surface area contributed by atoms with Gasteiger partial charge in [0.25, 0.3) is 5.91 Å². The van der Waals surface area contributed by atoms with Crippen LogP contribution in [0.1, 0.15) is 13.8 Å². The fourth-order valence-electron chi connectivity index (χ4n) is 1.11. The van der Waals surface area contributed by atoms with Crippen LogP contribution in [0.5, 0.6) is 0 Å². The summed E-state index contributed by atoms with van der Waals surface area (Å²) in [5.74, 6) is -0.626. The Morgan fingerprint density at radius 3 is 2.15 bits per heavy atom. The van der Waals surface area contributed by atoms with Crippen molar-refractivity contribution in [2.24, 2.45) is 10.9 Å². The molecule has 0 saturated heterocycles. The van der Waals surface area contributed by atoms with Crippen molar-refractivity contribution in [1.29, 1.82) is 0 Å². The lowest BCUT2D eigenvalue weighted by molar-refractivity contribution is -0.123. The van der Waals surface area contributed by atoms with Gasteiger partial charge in [0.1, 0.15) is 6.04 Å². The highest BCUT2D eigenvalue weighted by Crippen LogP contribution is 2.10. The molecule has 2 amide bonds. The maximum absolute atomic E-state index is 11.2. The van der Waals surface area contributed by atoms with Crippen molar-refractivity contribution in [2.75, 3.05) is 7.05 Å². The van der Waals surface area contributed by atoms with Gasteiger partial charge in [-0.1, -0.05) is 13.8 Å². The zero-order valence-electron chi connectivity index (χ0n) is 8.02. The van der Waals surface area contributed by atoms with Gasteiger partial charge in [0.2, 0.25) is 0 Å². The summed E-state index contributed by atoms with van der Waals surface area (Å²) < 4.78 is 0. The average Bonchev–Trinajstić information content (AvgIpc) is 2.03. The minimum atomic E-state index is -1.14. The number of likely N-dealkylation sites (N-methyl/N-ethyl adjacent to an activating group) is 1. The highest BCUT2D eigenvalue weighted by Gasteiger charge is 2.28. The lowest BCUT2D eigenvalue weighted by atomic mass is 10.0. The average molecular weight is 186 g/mol. The number of carbonyl (C=O) groups is 2. The summed E-state index contributed by atoms with van der Waals surface area (Å²) in [4.78, 5) is 25.9. The molecule has 0 bridgehead atoms. The van der Waals surface area contributed by atoms with Crippen molar-refractivity contribution in [1.82, 2.24) is 4.90 Å². The molecular formula is C8H14N2O3. The Balaban J connectivity index is 4.70. The number of hydrogen-bond donors (Lipinski definition) is 1. The molecule has 0 spiro atoms. The van der Waals surface area contributed by atoms with Crippen LogP contribution >= 0.6 is 0 Å². The van der Waals surface area contributed by atoms with Crippen LogP contribution in [-0.4, -0.2) is 41.8 Å². The number of amides is 2. The Bertz CT molecular complexity index is 225. The topological polar surface area (TPSA) is 70.0 Å². The molecule has 1 atom stereocenters. The molecule has 0 saturated carbocycles. The number of hydrogen-bond acceptors (Lipinski definition) is 2. The first kappa shape index (κ1) is 11.6. The Morgan fingerprint density at radius 1 is 1.46 bits per heavy atom. The third kappa shape index (κ3) is 2.85. The minimum Gasteiger partial charge on any atom is -0.465 e. The summed E-state index contributed by atoms with van der Waals surface area (Å²) in [7, 11) is 1.34. The Morgan fingerprint density at radius 2 is 1.92 bits per heavy atom. The van der Waals surface area contributed by atoms with Crippen molar-refractivity contribution in [2.45, 2.75) is 19.9 Å². The van der Waals surface area contributed by atoms with Crippen LogP contribution in [0.25, 0.3) is 0 Å². The molecular weight excluding hydrogens is 172 g/mol. The van der Waals surface area contributed by atoms with E-state index in [0.717, 1.165) is 4.90 Å². The summed E-state index contributed by atoms with van der Waals surface area (Å²) in [5, 5.41) is 8.66. The lowest BCUT2D eigenvalue weighted by Crippen LogP contribution is -2.44. The van der Waals surface area contributed by atoms with Gasteiger partial charge < -0.3 is 5.11 Å². The molecule has 0 rings (SSSR count). The highest BCUT2D eigenvalue weighted by atomic mass is 16.4. The molecule has 0 aromatic heterocycles. The van der Waals surface area contributed by atoms with E-state index in [1.54, 1.807) is 13.8 Å². The summed E-state index contributed by atoms with van der Waals surface area (Å²) in [6.45, 7) is 6.60. The van der Waals surface area contributed by atoms with Gasteiger partial charge in [-0.15, -0.1) is 0 Å². The molecule has 5 nitrogen and oxygen atoms in total. The number of aliphatic imine (C=N–C) groups is 1. The van der Waals surface area contributed by atoms with E-state index in [-0.39, 0.29) is 5.92 Å². The molecule has 1 N–H and O–H groups in total. The second-order valence-corrected chi connectivity index (χ2v) is 3.08. The molecule has 0 aliphatic carbocycles. The second kappa shape index (κ2) is 4.59. The monoisotopic (exact) mass is 186 g/mol. The number of rotatable bonds is 3. The molecule has 13 heavy (non-hydrogen) atoms. The Hall–Kier alpha value is -1.39. The van der Waals surface area contributed by atoms with Crippen LogP contribution in [0.3, 0.4) is 0 Å². The molecule has 0 aromatic carbocycles. The van der Waals surface area contributed by atoms with Crippen molar-refractivity contribution in [3.8, 4) is 0 Å². The summed E-state index contributed by atoms with van der Waals surface area (Å²) >= 11 is 0. The number of carboxylic acid groups (broad SMARTS) is 1. The third-order valence-electron chi connectivity index (χ3n) is 1.76. The molecule has 0 fully saturated rings. The smallest absolute Gasteiger partial charge is 0.407 e. The standard InChI is InChI=1S/C8H14N2O3/c1-5(2)6(7(11)9-3)10(4)8(12)13/h5-6H,3H2,1-2,4H3,(H,12,13)/t6-/m0/s1. The molecule has 5 heteroatoms. The third-order valence-corrected chi connectivity index (χ3v) is 1.76. The maximum atomic E-state index is 11.2. The second-order valence-electron chi connectivity index (χ2n) is 3.08. The Kier molecular flexibility index (Phi) is 4.10. The van der Waals surface area contributed by atoms with Gasteiger partial charge in [-0.2, -0.15) is 0 Å². The largest absolute Gasteiger partial charge is 0.465 e. The van der Waals surface area contributed by atoms with Crippen LogP contribution < -0.4 is 0 Å². The number of carbonyl (C=O) groups excluding carboxylic acids is 1. The van der Waals surface area contributed by atoms with E-state index < -0.39 is 18.0 Å². The zero-order chi connectivity index (χ0) is 10.6. The first-order valence-corrected chi connectivity index (χ1v) is 3.88. The summed E-state index contributed by atoms with van der Waals surface area (Å²) in [5.41, 5.74) is 0. The maximum Gasteiger partial charge on any atom is 0.407 e. The highest BCUT2D eigenvalue weighted by molar-refractivity contribution is 5.88. The number of nitrogens with zero attached hydrogens (tertiary/aromatic N) is 2. The molecule has 0 aromatic rings. The van der Waals surface area contributed by atoms with E-state index in [1.807, 2.05) is 0 Å². The van der Waals surface area contributed by atoms with Crippen LogP contribution in [0.15, 0.2) is 4.99 Å². The Labute approximate surface area is 77.1 Å². The predicted molar refractivity (Wildman–Crippen MR) is 49.0 cm³/mol. The van der Waals surface area contributed by atoms with E-state index in [1.165, 1.54) is 7.05 Å². The van der Waals surface area contributed by atoms with Gasteiger partial charge in [-0.05, 0) is 12.6 Å². The van der Waals surface area contributed by atoms with Gasteiger partial charge >= 0.3 is 6.09 Å². The van der Waals surface area contributed by atoms with Crippen molar-refractivity contribution in [3.05, 3.63) is 0 Å². The molecule has 0 unspecified atom stereocenters. The van der Waals surface area contributed by atoms with Crippen LogP contribution in [0.2, 0.25) is 0 Å². The quantitative estimate of drug-likeness (QED) is 0.664. The molecule has 0 radical (unpaired) electrons. The predicted octanol–water partition coefficient (Wildman–Crippen LogP) is 0.848. The SMILES string of the molecule is C=NC(=O)[C@H](C(C)C)N(C)C(=O)O.